The fraction of sp³-hybridized carbons (Fsp3) is 0.250. The lowest BCUT2D eigenvalue weighted by Crippen LogP contribution is -2.37. The van der Waals surface area contributed by atoms with Crippen LogP contribution in [0, 0.1) is 0 Å². The minimum atomic E-state index is -0.938. The molecule has 1 rings (SSSR count). The highest BCUT2D eigenvalue weighted by Crippen LogP contribution is 1.97. The maximum absolute atomic E-state index is 10.6. The van der Waals surface area contributed by atoms with Gasteiger partial charge in [-0.25, -0.2) is 9.59 Å². The summed E-state index contributed by atoms with van der Waals surface area (Å²) in [6, 6.07) is -1.75. The number of urea groups is 2. The molecule has 1 aliphatic heterocycles. The zero-order valence-corrected chi connectivity index (χ0v) is 6.01. The Kier molecular flexibility index (Phi) is 1.95. The van der Waals surface area contributed by atoms with E-state index in [0.29, 0.717) is 0 Å². The first-order valence-corrected chi connectivity index (χ1v) is 3.02. The Bertz CT molecular complexity index is 229. The molecule has 0 spiro atoms. The summed E-state index contributed by atoms with van der Waals surface area (Å²) in [4.78, 5) is 31.8. The number of carbonyl (C=O) groups is 3. The largest absolute Gasteiger partial charge is 0.347 e. The fourth-order valence-corrected chi connectivity index (χ4v) is 0.632. The Hall–Kier alpha value is -1.30. The smallest absolute Gasteiger partial charge is 0.327 e. The van der Waals surface area contributed by atoms with Gasteiger partial charge >= 0.3 is 12.1 Å². The summed E-state index contributed by atoms with van der Waals surface area (Å²) in [5.41, 5.74) is 0. The van der Waals surface area contributed by atoms with Crippen molar-refractivity contribution in [1.82, 2.24) is 15.1 Å². The quantitative estimate of drug-likeness (QED) is 0.485. The first-order valence-electron chi connectivity index (χ1n) is 2.69. The highest BCUT2D eigenvalue weighted by Gasteiger charge is 2.25. The second kappa shape index (κ2) is 2.75. The Labute approximate surface area is 66.6 Å². The van der Waals surface area contributed by atoms with Gasteiger partial charge in [0.05, 0.1) is 6.54 Å². The number of rotatable bonds is 0. The maximum Gasteiger partial charge on any atom is 0.347 e. The molecule has 0 radical (unpaired) electrons. The predicted molar refractivity (Wildman–Crippen MR) is 34.6 cm³/mol. The SMILES string of the molecule is O=C1CNC(=O)N(Cl)C(=O)N1. The van der Waals surface area contributed by atoms with Crippen LogP contribution in [-0.2, 0) is 4.79 Å². The molecule has 7 heteroatoms. The zero-order chi connectivity index (χ0) is 8.43. The highest BCUT2D eigenvalue weighted by atomic mass is 35.5. The average molecular weight is 178 g/mol. The van der Waals surface area contributed by atoms with Gasteiger partial charge in [-0.3, -0.25) is 10.1 Å². The van der Waals surface area contributed by atoms with Gasteiger partial charge in [0, 0.05) is 11.8 Å². The van der Waals surface area contributed by atoms with Crippen LogP contribution in [-0.4, -0.2) is 28.9 Å². The van der Waals surface area contributed by atoms with Crippen LogP contribution < -0.4 is 10.6 Å². The molecule has 1 saturated heterocycles. The van der Waals surface area contributed by atoms with Gasteiger partial charge in [-0.1, -0.05) is 0 Å². The molecule has 0 aromatic rings. The molecule has 0 aromatic heterocycles. The van der Waals surface area contributed by atoms with Crippen molar-refractivity contribution in [3.8, 4) is 0 Å². The molecule has 0 aliphatic carbocycles. The minimum Gasteiger partial charge on any atom is -0.327 e. The molecule has 6 nitrogen and oxygen atoms in total. The summed E-state index contributed by atoms with van der Waals surface area (Å²) >= 11 is 5.14. The Morgan fingerprint density at radius 3 is 2.55 bits per heavy atom. The van der Waals surface area contributed by atoms with Crippen molar-refractivity contribution < 1.29 is 14.4 Å². The van der Waals surface area contributed by atoms with Gasteiger partial charge in [0.1, 0.15) is 0 Å². The van der Waals surface area contributed by atoms with Crippen molar-refractivity contribution in [1.29, 1.82) is 0 Å². The van der Waals surface area contributed by atoms with E-state index in [-0.39, 0.29) is 11.0 Å². The number of hydrogen-bond donors (Lipinski definition) is 2. The third kappa shape index (κ3) is 1.58. The lowest BCUT2D eigenvalue weighted by Gasteiger charge is -2.05. The summed E-state index contributed by atoms with van der Waals surface area (Å²) in [7, 11) is 0. The summed E-state index contributed by atoms with van der Waals surface area (Å²) in [6.07, 6.45) is 0. The van der Waals surface area contributed by atoms with E-state index in [0.717, 1.165) is 0 Å². The van der Waals surface area contributed by atoms with E-state index in [1.54, 1.807) is 0 Å². The van der Waals surface area contributed by atoms with Gasteiger partial charge in [0.25, 0.3) is 0 Å². The van der Waals surface area contributed by atoms with E-state index >= 15 is 0 Å². The maximum atomic E-state index is 10.6. The third-order valence-electron chi connectivity index (χ3n) is 1.00. The molecule has 11 heavy (non-hydrogen) atoms. The number of nitrogens with one attached hydrogen (secondary N) is 2. The molecule has 0 bridgehead atoms. The van der Waals surface area contributed by atoms with Crippen LogP contribution in [0.1, 0.15) is 0 Å². The van der Waals surface area contributed by atoms with Crippen molar-refractivity contribution in [2.24, 2.45) is 0 Å². The monoisotopic (exact) mass is 177 g/mol. The second-order valence-electron chi connectivity index (χ2n) is 1.79. The zero-order valence-electron chi connectivity index (χ0n) is 5.26. The fourth-order valence-electron chi connectivity index (χ4n) is 0.530. The summed E-state index contributed by atoms with van der Waals surface area (Å²) < 4.78 is 0.269. The van der Waals surface area contributed by atoms with Crippen LogP contribution in [0.2, 0.25) is 0 Å². The molecule has 1 heterocycles. The van der Waals surface area contributed by atoms with Gasteiger partial charge in [-0.2, -0.15) is 4.42 Å². The number of hydrogen-bond acceptors (Lipinski definition) is 3. The van der Waals surface area contributed by atoms with Gasteiger partial charge in [0.2, 0.25) is 5.91 Å². The first kappa shape index (κ1) is 7.80. The van der Waals surface area contributed by atoms with E-state index in [1.807, 2.05) is 5.32 Å². The average Bonchev–Trinajstić information content (AvgIpc) is 2.05. The summed E-state index contributed by atoms with van der Waals surface area (Å²) in [5, 5.41) is 3.95. The number of halogens is 1. The minimum absolute atomic E-state index is 0.242. The molecule has 60 valence electrons. The van der Waals surface area contributed by atoms with Crippen LogP contribution in [0.5, 0.6) is 0 Å². The highest BCUT2D eigenvalue weighted by molar-refractivity contribution is 6.31. The predicted octanol–water partition coefficient (Wildman–Crippen LogP) is -0.598. The number of amides is 5. The molecule has 0 aromatic carbocycles. The van der Waals surface area contributed by atoms with Crippen molar-refractivity contribution in [2.75, 3.05) is 6.54 Å². The Morgan fingerprint density at radius 1 is 1.27 bits per heavy atom. The Morgan fingerprint density at radius 2 is 1.91 bits per heavy atom. The van der Waals surface area contributed by atoms with E-state index in [4.69, 9.17) is 11.8 Å². The molecule has 0 atom stereocenters. The van der Waals surface area contributed by atoms with Crippen molar-refractivity contribution >= 4 is 29.7 Å². The molecular weight excluding hydrogens is 174 g/mol. The van der Waals surface area contributed by atoms with Crippen LogP contribution >= 0.6 is 11.8 Å². The molecule has 2 N–H and O–H groups in total. The van der Waals surface area contributed by atoms with E-state index < -0.39 is 18.0 Å². The summed E-state index contributed by atoms with van der Waals surface area (Å²) in [6.45, 7) is -0.242. The van der Waals surface area contributed by atoms with Crippen LogP contribution in [0.4, 0.5) is 9.59 Å². The van der Waals surface area contributed by atoms with E-state index in [9.17, 15) is 14.4 Å². The Balaban J connectivity index is 2.76. The van der Waals surface area contributed by atoms with Gasteiger partial charge in [-0.05, 0) is 0 Å². The molecule has 5 amide bonds. The molecule has 1 fully saturated rings. The molecule has 1 aliphatic rings. The normalized spacial score (nSPS) is 19.0. The second-order valence-corrected chi connectivity index (χ2v) is 2.13. The van der Waals surface area contributed by atoms with Crippen molar-refractivity contribution in [2.45, 2.75) is 0 Å². The lowest BCUT2D eigenvalue weighted by atomic mass is 10.6. The first-order chi connectivity index (χ1) is 5.11. The van der Waals surface area contributed by atoms with Gasteiger partial charge in [0.15, 0.2) is 0 Å². The topological polar surface area (TPSA) is 78.5 Å². The molecule has 0 saturated carbocycles. The van der Waals surface area contributed by atoms with E-state index in [2.05, 4.69) is 5.32 Å². The van der Waals surface area contributed by atoms with Gasteiger partial charge < -0.3 is 5.32 Å². The standard InChI is InChI=1S/C4H4ClN3O3/c5-8-3(10)6-1-2(9)7-4(8)11/h1H2,(H,6,10)(H,7,9,11). The van der Waals surface area contributed by atoms with Gasteiger partial charge in [-0.15, -0.1) is 0 Å². The summed E-state index contributed by atoms with van der Waals surface area (Å²) in [5.74, 6) is -0.591. The third-order valence-corrected chi connectivity index (χ3v) is 1.31. The number of nitrogens with zero attached hydrogens (tertiary/aromatic N) is 1. The lowest BCUT2D eigenvalue weighted by molar-refractivity contribution is -0.118. The van der Waals surface area contributed by atoms with E-state index in [1.165, 1.54) is 0 Å². The van der Waals surface area contributed by atoms with Crippen molar-refractivity contribution in [3.63, 3.8) is 0 Å². The van der Waals surface area contributed by atoms with Crippen LogP contribution in [0.25, 0.3) is 0 Å². The van der Waals surface area contributed by atoms with Crippen LogP contribution in [0.3, 0.4) is 0 Å². The number of carbonyl (C=O) groups excluding carboxylic acids is 3. The van der Waals surface area contributed by atoms with Crippen LogP contribution in [0.15, 0.2) is 0 Å². The molecule has 0 unspecified atom stereocenters. The van der Waals surface area contributed by atoms with Crippen molar-refractivity contribution in [3.05, 3.63) is 0 Å². The number of imide groups is 2. The molecular formula is C4H4ClN3O3.